The maximum absolute atomic E-state index is 5.84. The van der Waals surface area contributed by atoms with Gasteiger partial charge in [0.25, 0.3) is 0 Å². The fourth-order valence-corrected chi connectivity index (χ4v) is 2.45. The highest BCUT2D eigenvalue weighted by molar-refractivity contribution is 5.47. The molecular weight excluding hydrogens is 280 g/mol. The maximum Gasteiger partial charge on any atom is 0.165 e. The van der Waals surface area contributed by atoms with Crippen LogP contribution in [0.4, 0.5) is 0 Å². The summed E-state index contributed by atoms with van der Waals surface area (Å²) in [5.41, 5.74) is 1.15. The zero-order valence-corrected chi connectivity index (χ0v) is 12.9. The number of rotatable bonds is 6. The predicted molar refractivity (Wildman–Crippen MR) is 83.0 cm³/mol. The lowest BCUT2D eigenvalue weighted by Gasteiger charge is -2.16. The molecule has 1 N–H and O–H groups in total. The van der Waals surface area contributed by atoms with E-state index in [0.29, 0.717) is 12.6 Å². The molecule has 1 aliphatic heterocycles. The number of fused-ring (bicyclic) bond motifs is 1. The highest BCUT2D eigenvalue weighted by Gasteiger charge is 2.14. The van der Waals surface area contributed by atoms with Crippen LogP contribution in [0.25, 0.3) is 0 Å². The Morgan fingerprint density at radius 1 is 1.32 bits per heavy atom. The van der Waals surface area contributed by atoms with Gasteiger partial charge in [-0.2, -0.15) is 5.10 Å². The summed E-state index contributed by atoms with van der Waals surface area (Å²) in [6.45, 7) is 5.24. The molecule has 22 heavy (non-hydrogen) atoms. The normalized spacial score (nSPS) is 15.3. The van der Waals surface area contributed by atoms with Crippen molar-refractivity contribution in [2.24, 2.45) is 0 Å². The fraction of sp³-hybridized carbons (Fsp3) is 0.500. The Hall–Kier alpha value is -2.08. The molecule has 2 heterocycles. The van der Waals surface area contributed by atoms with Gasteiger partial charge in [0.2, 0.25) is 0 Å². The molecule has 1 unspecified atom stereocenters. The molecule has 6 nitrogen and oxygen atoms in total. The molecule has 1 aromatic heterocycles. The van der Waals surface area contributed by atoms with Gasteiger partial charge in [0, 0.05) is 31.1 Å². The molecule has 1 atom stereocenters. The number of ether oxygens (including phenoxy) is 2. The van der Waals surface area contributed by atoms with Crippen molar-refractivity contribution >= 4 is 0 Å². The quantitative estimate of drug-likeness (QED) is 0.884. The van der Waals surface area contributed by atoms with Crippen LogP contribution < -0.4 is 14.8 Å². The van der Waals surface area contributed by atoms with Crippen molar-refractivity contribution in [2.45, 2.75) is 38.9 Å². The number of benzene rings is 1. The number of aryl methyl sites for hydroxylation is 1. The Bertz CT molecular complexity index is 586. The second-order valence-corrected chi connectivity index (χ2v) is 5.52. The number of hydrogen-bond acceptors (Lipinski definition) is 5. The van der Waals surface area contributed by atoms with Crippen LogP contribution in [0.5, 0.6) is 11.5 Å². The van der Waals surface area contributed by atoms with Crippen molar-refractivity contribution in [3.63, 3.8) is 0 Å². The number of nitrogens with zero attached hydrogens (tertiary/aromatic N) is 3. The van der Waals surface area contributed by atoms with Gasteiger partial charge in [-0.05, 0) is 19.4 Å². The number of para-hydroxylation sites is 1. The molecule has 0 fully saturated rings. The molecule has 0 aliphatic carbocycles. The van der Waals surface area contributed by atoms with Gasteiger partial charge in [-0.15, -0.1) is 0 Å². The summed E-state index contributed by atoms with van der Waals surface area (Å²) >= 11 is 0. The van der Waals surface area contributed by atoms with Crippen LogP contribution in [0.3, 0.4) is 0 Å². The van der Waals surface area contributed by atoms with E-state index < -0.39 is 0 Å². The van der Waals surface area contributed by atoms with Crippen LogP contribution in [-0.4, -0.2) is 34.0 Å². The summed E-state index contributed by atoms with van der Waals surface area (Å²) in [5, 5.41) is 7.65. The van der Waals surface area contributed by atoms with E-state index in [1.54, 1.807) is 12.7 Å². The van der Waals surface area contributed by atoms with Crippen molar-refractivity contribution in [1.29, 1.82) is 0 Å². The Morgan fingerprint density at radius 3 is 3.09 bits per heavy atom. The first kappa shape index (κ1) is 14.8. The van der Waals surface area contributed by atoms with Gasteiger partial charge in [0.1, 0.15) is 12.7 Å². The van der Waals surface area contributed by atoms with Gasteiger partial charge in [0.15, 0.2) is 11.5 Å². The third-order valence-electron chi connectivity index (χ3n) is 3.75. The Labute approximate surface area is 130 Å². The molecule has 0 spiro atoms. The molecular formula is C16H22N4O2. The van der Waals surface area contributed by atoms with E-state index in [1.807, 2.05) is 16.8 Å². The van der Waals surface area contributed by atoms with Crippen LogP contribution in [0.15, 0.2) is 30.9 Å². The van der Waals surface area contributed by atoms with Crippen LogP contribution >= 0.6 is 0 Å². The van der Waals surface area contributed by atoms with Gasteiger partial charge >= 0.3 is 0 Å². The van der Waals surface area contributed by atoms with Crippen LogP contribution in [-0.2, 0) is 13.1 Å². The van der Waals surface area contributed by atoms with E-state index >= 15 is 0 Å². The zero-order chi connectivity index (χ0) is 15.2. The number of nitrogens with one attached hydrogen (secondary N) is 1. The summed E-state index contributed by atoms with van der Waals surface area (Å²) in [6.07, 6.45) is 5.23. The van der Waals surface area contributed by atoms with Crippen LogP contribution in [0.1, 0.15) is 25.3 Å². The largest absolute Gasteiger partial charge is 0.490 e. The maximum atomic E-state index is 5.84. The van der Waals surface area contributed by atoms with E-state index in [4.69, 9.17) is 9.47 Å². The molecule has 3 rings (SSSR count). The predicted octanol–water partition coefficient (Wildman–Crippen LogP) is 2.01. The van der Waals surface area contributed by atoms with E-state index in [9.17, 15) is 0 Å². The van der Waals surface area contributed by atoms with Crippen LogP contribution in [0.2, 0.25) is 0 Å². The average Bonchev–Trinajstić information content (AvgIpc) is 2.94. The Morgan fingerprint density at radius 2 is 2.23 bits per heavy atom. The summed E-state index contributed by atoms with van der Waals surface area (Å²) < 4.78 is 13.4. The molecule has 118 valence electrons. The minimum absolute atomic E-state index is 0.381. The third kappa shape index (κ3) is 3.76. The molecule has 6 heteroatoms. The molecule has 0 saturated carbocycles. The fourth-order valence-electron chi connectivity index (χ4n) is 2.45. The molecule has 2 aromatic rings. The Kier molecular flexibility index (Phi) is 4.90. The second-order valence-electron chi connectivity index (χ2n) is 5.52. The zero-order valence-electron chi connectivity index (χ0n) is 12.9. The van der Waals surface area contributed by atoms with Crippen molar-refractivity contribution < 1.29 is 9.47 Å². The summed E-state index contributed by atoms with van der Waals surface area (Å²) in [6, 6.07) is 6.46. The minimum atomic E-state index is 0.381. The second kappa shape index (κ2) is 7.26. The van der Waals surface area contributed by atoms with Gasteiger partial charge in [-0.3, -0.25) is 4.68 Å². The van der Waals surface area contributed by atoms with Crippen molar-refractivity contribution in [1.82, 2.24) is 20.1 Å². The van der Waals surface area contributed by atoms with Crippen LogP contribution in [0, 0.1) is 0 Å². The highest BCUT2D eigenvalue weighted by Crippen LogP contribution is 2.33. The monoisotopic (exact) mass is 302 g/mol. The summed E-state index contributed by atoms with van der Waals surface area (Å²) in [4.78, 5) is 3.95. The first-order valence-electron chi connectivity index (χ1n) is 7.76. The first-order valence-corrected chi connectivity index (χ1v) is 7.76. The lowest BCUT2D eigenvalue weighted by atomic mass is 10.1. The van der Waals surface area contributed by atoms with Crippen molar-refractivity contribution in [2.75, 3.05) is 13.2 Å². The van der Waals surface area contributed by atoms with E-state index in [2.05, 4.69) is 28.4 Å². The molecule has 1 aliphatic rings. The Balaban J connectivity index is 1.54. The first-order chi connectivity index (χ1) is 10.8. The van der Waals surface area contributed by atoms with Gasteiger partial charge < -0.3 is 14.8 Å². The molecule has 1 aromatic carbocycles. The van der Waals surface area contributed by atoms with Crippen molar-refractivity contribution in [3.05, 3.63) is 36.4 Å². The molecule has 0 saturated heterocycles. The van der Waals surface area contributed by atoms with Gasteiger partial charge in [0.05, 0.1) is 13.2 Å². The summed E-state index contributed by atoms with van der Waals surface area (Å²) in [7, 11) is 0. The summed E-state index contributed by atoms with van der Waals surface area (Å²) in [5.74, 6) is 1.74. The standard InChI is InChI=1S/C16H22N4O2/c1-13(6-7-20-12-17-11-19-20)18-10-14-4-2-5-15-16(14)22-9-3-8-21-15/h2,4-5,11-13,18H,3,6-10H2,1H3. The average molecular weight is 302 g/mol. The SMILES string of the molecule is CC(CCn1cncn1)NCc1cccc2c1OCCCO2. The highest BCUT2D eigenvalue weighted by atomic mass is 16.5. The molecule has 0 bridgehead atoms. The van der Waals surface area contributed by atoms with E-state index in [-0.39, 0.29) is 0 Å². The smallest absolute Gasteiger partial charge is 0.165 e. The molecule has 0 radical (unpaired) electrons. The molecule has 0 amide bonds. The third-order valence-corrected chi connectivity index (χ3v) is 3.75. The van der Waals surface area contributed by atoms with E-state index in [0.717, 1.165) is 49.6 Å². The lowest BCUT2D eigenvalue weighted by molar-refractivity contribution is 0.295. The van der Waals surface area contributed by atoms with Gasteiger partial charge in [-0.1, -0.05) is 12.1 Å². The number of hydrogen-bond donors (Lipinski definition) is 1. The topological polar surface area (TPSA) is 61.2 Å². The van der Waals surface area contributed by atoms with Crippen molar-refractivity contribution in [3.8, 4) is 11.5 Å². The lowest BCUT2D eigenvalue weighted by Crippen LogP contribution is -2.27. The van der Waals surface area contributed by atoms with Gasteiger partial charge in [-0.25, -0.2) is 4.98 Å². The minimum Gasteiger partial charge on any atom is -0.490 e. The van der Waals surface area contributed by atoms with E-state index in [1.165, 1.54) is 0 Å². The number of aromatic nitrogens is 3.